The van der Waals surface area contributed by atoms with Crippen molar-refractivity contribution in [1.29, 1.82) is 0 Å². The van der Waals surface area contributed by atoms with Crippen LogP contribution in [0.25, 0.3) is 11.2 Å². The van der Waals surface area contributed by atoms with Crippen LogP contribution >= 0.6 is 35.7 Å². The second kappa shape index (κ2) is 12.6. The van der Waals surface area contributed by atoms with Gasteiger partial charge in [-0.05, 0) is 6.07 Å². The highest BCUT2D eigenvalue weighted by Crippen LogP contribution is 2.61. The number of imidazole rings is 1. The molecule has 4 unspecified atom stereocenters. The van der Waals surface area contributed by atoms with Crippen molar-refractivity contribution in [2.75, 3.05) is 24.3 Å². The normalized spacial score (nSPS) is 25.0. The van der Waals surface area contributed by atoms with Crippen LogP contribution in [-0.2, 0) is 41.1 Å². The van der Waals surface area contributed by atoms with E-state index < -0.39 is 67.1 Å². The number of fused-ring (bicyclic) bond motifs is 1. The van der Waals surface area contributed by atoms with Crippen molar-refractivity contribution in [3.63, 3.8) is 0 Å². The zero-order chi connectivity index (χ0) is 30.9. The van der Waals surface area contributed by atoms with Crippen LogP contribution in [0.15, 0.2) is 24.8 Å². The maximum absolute atomic E-state index is 12.4. The summed E-state index contributed by atoms with van der Waals surface area (Å²) in [5, 5.41) is 13.3. The Balaban J connectivity index is 1.53. The summed E-state index contributed by atoms with van der Waals surface area (Å²) in [5.41, 5.74) is 6.01. The number of ether oxygens (including phenoxy) is 2. The number of phosphoric acid groups is 3. The van der Waals surface area contributed by atoms with Crippen LogP contribution in [0.4, 0.5) is 11.9 Å². The molecule has 4 heterocycles. The van der Waals surface area contributed by atoms with Crippen LogP contribution < -0.4 is 25.7 Å². The molecule has 0 aromatic carbocycles. The highest BCUT2D eigenvalue weighted by atomic mass is 32.1. The van der Waals surface area contributed by atoms with E-state index in [-0.39, 0.29) is 27.7 Å². The fraction of sp³-hybridized carbons (Fsp3) is 0.375. The number of nitrogen functional groups attached to an aromatic ring is 1. The Labute approximate surface area is 238 Å². The van der Waals surface area contributed by atoms with Gasteiger partial charge in [-0.15, -0.1) is 0 Å². The van der Waals surface area contributed by atoms with Gasteiger partial charge in [-0.25, -0.2) is 28.6 Å². The monoisotopic (exact) mass is 671 g/mol. The summed E-state index contributed by atoms with van der Waals surface area (Å²) in [6.45, 7) is -1.82. The van der Waals surface area contributed by atoms with Crippen molar-refractivity contribution >= 4 is 64.7 Å². The number of nitrogens with one attached hydrogen (secondary N) is 2. The summed E-state index contributed by atoms with van der Waals surface area (Å²) in [6.07, 6.45) is -2.26. The van der Waals surface area contributed by atoms with Crippen molar-refractivity contribution in [2.45, 2.75) is 24.5 Å². The van der Waals surface area contributed by atoms with Gasteiger partial charge in [0.25, 0.3) is 29.4 Å². The molecule has 3 aromatic rings. The van der Waals surface area contributed by atoms with Gasteiger partial charge in [-0.3, -0.25) is 28.4 Å². The average molecular weight is 671 g/mol. The highest BCUT2D eigenvalue weighted by Gasteiger charge is 2.47. The summed E-state index contributed by atoms with van der Waals surface area (Å²) in [5.74, 6) is -0.918. The van der Waals surface area contributed by atoms with Crippen LogP contribution in [0, 0.1) is 4.64 Å². The summed E-state index contributed by atoms with van der Waals surface area (Å²) in [6, 6.07) is 1.51. The first-order valence-corrected chi connectivity index (χ1v) is 15.8. The Bertz CT molecular complexity index is 1650. The van der Waals surface area contributed by atoms with Gasteiger partial charge in [-0.1, -0.05) is 12.2 Å². The highest BCUT2D eigenvalue weighted by molar-refractivity contribution is 7.71. The van der Waals surface area contributed by atoms with Crippen LogP contribution in [-0.4, -0.2) is 76.9 Å². The van der Waals surface area contributed by atoms with Crippen molar-refractivity contribution in [3.8, 4) is 0 Å². The number of hydrogen-bond donors (Lipinski definition) is 5. The first-order chi connectivity index (χ1) is 19.5. The molecule has 0 aliphatic carbocycles. The average Bonchev–Trinajstić information content (AvgIpc) is 3.40. The predicted octanol–water partition coefficient (Wildman–Crippen LogP) is -2.41. The van der Waals surface area contributed by atoms with Gasteiger partial charge >= 0.3 is 0 Å². The smallest absolute Gasteiger partial charge is 0.280 e. The van der Waals surface area contributed by atoms with E-state index in [0.29, 0.717) is 0 Å². The molecule has 1 amide bonds. The fourth-order valence-electron chi connectivity index (χ4n) is 3.55. The van der Waals surface area contributed by atoms with Crippen LogP contribution in [0.3, 0.4) is 0 Å². The molecule has 0 bridgehead atoms. The van der Waals surface area contributed by atoms with Gasteiger partial charge in [0.15, 0.2) is 16.8 Å². The quantitative estimate of drug-likeness (QED) is 0.0988. The lowest BCUT2D eigenvalue weighted by atomic mass is 10.1. The Morgan fingerprint density at radius 1 is 1.19 bits per heavy atom. The van der Waals surface area contributed by atoms with Gasteiger partial charge in [0.05, 0.1) is 12.9 Å². The maximum atomic E-state index is 12.4. The van der Waals surface area contributed by atoms with E-state index >= 15 is 0 Å². The molecule has 0 saturated carbocycles. The fourth-order valence-corrected chi connectivity index (χ4v) is 6.70. The molecule has 42 heavy (non-hydrogen) atoms. The predicted molar refractivity (Wildman–Crippen MR) is 131 cm³/mol. The van der Waals surface area contributed by atoms with E-state index in [2.05, 4.69) is 43.4 Å². The first-order valence-electron chi connectivity index (χ1n) is 11.0. The molecule has 230 valence electrons. The van der Waals surface area contributed by atoms with Crippen molar-refractivity contribution in [1.82, 2.24) is 29.5 Å². The summed E-state index contributed by atoms with van der Waals surface area (Å²) < 4.78 is 57.8. The topological polar surface area (TPSA) is 334 Å². The third kappa shape index (κ3) is 8.28. The second-order valence-electron chi connectivity index (χ2n) is 8.05. The minimum atomic E-state index is -6.17. The lowest BCUT2D eigenvalue weighted by Gasteiger charge is -2.33. The van der Waals surface area contributed by atoms with Crippen molar-refractivity contribution in [3.05, 3.63) is 29.4 Å². The molecule has 22 nitrogen and oxygen atoms in total. The Morgan fingerprint density at radius 3 is 2.55 bits per heavy atom. The molecule has 1 aliphatic rings. The molecule has 1 fully saturated rings. The van der Waals surface area contributed by atoms with Gasteiger partial charge in [-0.2, -0.15) is 0 Å². The zero-order valence-electron chi connectivity index (χ0n) is 20.4. The number of hydrogen-bond acceptors (Lipinski definition) is 19. The first kappa shape index (κ1) is 32.3. The minimum absolute atomic E-state index is 0.00246. The molecule has 7 atom stereocenters. The van der Waals surface area contributed by atoms with Gasteiger partial charge in [0.1, 0.15) is 36.1 Å². The number of phosphoric ester groups is 1. The van der Waals surface area contributed by atoms with Gasteiger partial charge in [0.2, 0.25) is 5.95 Å². The van der Waals surface area contributed by atoms with E-state index in [1.807, 2.05) is 0 Å². The largest absolute Gasteiger partial charge is 0.756 e. The number of rotatable bonds is 12. The SMILES string of the molecule is Nc1nc(=S)c2ncn([C@@H]3O[C@H](COP(=O)([O-])OP(=O)([O-])OP(=O)([O-])O)[C@H](O)C3OCC(=O)Nc3ncccn3)c2[nH]1. The molecule has 3 aromatic heterocycles. The molecular weight excluding hydrogens is 653 g/mol. The maximum Gasteiger partial charge on any atom is 0.280 e. The number of carbonyl (C=O) groups excluding carboxylic acids is 1. The number of anilines is 2. The molecule has 1 saturated heterocycles. The summed E-state index contributed by atoms with van der Waals surface area (Å²) >= 11 is 5.13. The molecule has 6 N–H and O–H groups in total. The van der Waals surface area contributed by atoms with E-state index in [0.717, 1.165) is 0 Å². The number of nitrogens with zero attached hydrogens (tertiary/aromatic N) is 5. The number of H-pyrrole nitrogens is 1. The molecule has 4 rings (SSSR count). The lowest BCUT2D eigenvalue weighted by molar-refractivity contribution is -0.250. The molecule has 1 aliphatic heterocycles. The third-order valence-corrected chi connectivity index (χ3v) is 9.05. The zero-order valence-corrected chi connectivity index (χ0v) is 23.9. The number of carbonyl (C=O) groups is 1. The van der Waals surface area contributed by atoms with E-state index in [1.165, 1.54) is 29.4 Å². The third-order valence-electron chi connectivity index (χ3n) is 5.08. The molecular formula is C16H18N8O14P3S-3. The number of aliphatic hydroxyl groups excluding tert-OH is 1. The number of aromatic amines is 1. The number of nitrogens with two attached hydrogens (primary N) is 1. The van der Waals surface area contributed by atoms with Crippen LogP contribution in [0.5, 0.6) is 0 Å². The Hall–Kier alpha value is -2.59. The standard InChI is InChI=1S/C16H21N8O14P3S/c17-15-22-12-9(13(42)23-15)20-6-24(12)14-11(34-5-8(25)21-16-18-2-1-3-19-16)10(26)7(36-14)4-35-40(30,31)38-41(32,33)37-39(27,28)29/h1-3,6-7,10-11,14,26H,4-5H2,(H,30,31)(H,32,33)(H2,27,28,29)(H3,17,22,23,42)(H,18,19,21,25)/p-3/t7-,10+,11?,14-/m1/s1. The molecule has 26 heteroatoms. The lowest BCUT2D eigenvalue weighted by Crippen LogP contribution is -2.38. The van der Waals surface area contributed by atoms with Crippen LogP contribution in [0.2, 0.25) is 0 Å². The van der Waals surface area contributed by atoms with Crippen molar-refractivity contribution in [2.24, 2.45) is 0 Å². The van der Waals surface area contributed by atoms with E-state index in [4.69, 9.17) is 32.3 Å². The van der Waals surface area contributed by atoms with E-state index in [1.54, 1.807) is 0 Å². The van der Waals surface area contributed by atoms with Gasteiger partial charge < -0.3 is 49.4 Å². The van der Waals surface area contributed by atoms with Gasteiger partial charge in [0, 0.05) is 12.4 Å². The summed E-state index contributed by atoms with van der Waals surface area (Å²) in [7, 11) is -18.0. The Kier molecular flexibility index (Phi) is 9.67. The Morgan fingerprint density at radius 2 is 1.88 bits per heavy atom. The number of amides is 1. The molecule has 0 spiro atoms. The van der Waals surface area contributed by atoms with E-state index in [9.17, 15) is 38.3 Å². The second-order valence-corrected chi connectivity index (χ2v) is 12.7. The van der Waals surface area contributed by atoms with Crippen molar-refractivity contribution < 1.29 is 65.8 Å². The molecule has 0 radical (unpaired) electrons. The summed E-state index contributed by atoms with van der Waals surface area (Å²) in [4.78, 5) is 73.2. The number of aliphatic hydroxyl groups is 1. The number of aromatic nitrogens is 6. The van der Waals surface area contributed by atoms with Crippen LogP contribution in [0.1, 0.15) is 6.23 Å². The minimum Gasteiger partial charge on any atom is -0.756 e.